The fourth-order valence-corrected chi connectivity index (χ4v) is 1.23. The van der Waals surface area contributed by atoms with Gasteiger partial charge in [0.15, 0.2) is 17.1 Å². The smallest absolute Gasteiger partial charge is 0.356 e. The first-order valence-corrected chi connectivity index (χ1v) is 6.89. The maximum absolute atomic E-state index is 10.1. The molecule has 13 nitrogen and oxygen atoms in total. The molecule has 0 aliphatic rings. The van der Waals surface area contributed by atoms with Gasteiger partial charge in [-0.2, -0.15) is 0 Å². The van der Waals surface area contributed by atoms with Gasteiger partial charge >= 0.3 is 17.9 Å². The van der Waals surface area contributed by atoms with Gasteiger partial charge in [0, 0.05) is 72.8 Å². The summed E-state index contributed by atoms with van der Waals surface area (Å²) in [5, 5.41) is 24.8. The Bertz CT molecular complexity index is 754. The van der Waals surface area contributed by atoms with Crippen molar-refractivity contribution >= 4 is 17.9 Å². The van der Waals surface area contributed by atoms with Crippen molar-refractivity contribution in [2.45, 2.75) is 0 Å². The molecule has 0 spiro atoms. The summed E-state index contributed by atoms with van der Waals surface area (Å²) >= 11 is 0. The van der Waals surface area contributed by atoms with Crippen molar-refractivity contribution in [2.75, 3.05) is 0 Å². The van der Waals surface area contributed by atoms with E-state index in [0.29, 0.717) is 0 Å². The van der Waals surface area contributed by atoms with E-state index in [1.165, 1.54) is 55.8 Å². The molecule has 0 unspecified atom stereocenters. The Morgan fingerprint density at radius 1 is 0.552 bits per heavy atom. The van der Waals surface area contributed by atoms with Crippen molar-refractivity contribution in [3.63, 3.8) is 0 Å². The molecule has 1 radical (unpaired) electrons. The van der Waals surface area contributed by atoms with E-state index < -0.39 is 17.9 Å². The van der Waals surface area contributed by atoms with Gasteiger partial charge < -0.3 is 20.8 Å². The molecule has 0 atom stereocenters. The minimum atomic E-state index is -1.05. The van der Waals surface area contributed by atoms with Crippen LogP contribution in [0.15, 0.2) is 55.8 Å². The molecular weight excluding hydrogens is 515 g/mol. The van der Waals surface area contributed by atoms with E-state index in [1.807, 2.05) is 0 Å². The summed E-state index contributed by atoms with van der Waals surface area (Å²) in [6, 6.07) is 0. The molecule has 149 valence electrons. The average molecular weight is 529 g/mol. The second kappa shape index (κ2) is 15.8. The normalized spacial score (nSPS) is 8.28. The van der Waals surface area contributed by atoms with Crippen molar-refractivity contribution in [1.82, 2.24) is 29.9 Å². The monoisotopic (exact) mass is 529 g/mol. The van der Waals surface area contributed by atoms with Gasteiger partial charge in [-0.1, -0.05) is 0 Å². The number of nitrogens with zero attached hydrogens (tertiary/aromatic N) is 6. The van der Waals surface area contributed by atoms with Gasteiger partial charge in [-0.25, -0.2) is 29.3 Å². The molecule has 5 N–H and O–H groups in total. The van der Waals surface area contributed by atoms with E-state index in [2.05, 4.69) is 29.9 Å². The SMILES string of the molecule is O.O=C(O)c1cnccn1.O=C(O)c1cnccn1.O=C(O)c1cnccn1.[La]. The summed E-state index contributed by atoms with van der Waals surface area (Å²) in [7, 11) is 0. The number of carboxylic acid groups (broad SMARTS) is 3. The third-order valence-corrected chi connectivity index (χ3v) is 2.35. The summed E-state index contributed by atoms with van der Waals surface area (Å²) < 4.78 is 0. The largest absolute Gasteiger partial charge is 0.476 e. The van der Waals surface area contributed by atoms with Crippen LogP contribution in [0.3, 0.4) is 0 Å². The van der Waals surface area contributed by atoms with E-state index >= 15 is 0 Å². The third-order valence-electron chi connectivity index (χ3n) is 2.35. The Hall–Kier alpha value is -3.20. The molecule has 3 heterocycles. The van der Waals surface area contributed by atoms with Crippen LogP contribution in [0.5, 0.6) is 0 Å². The Balaban J connectivity index is 0. The van der Waals surface area contributed by atoms with Gasteiger partial charge in [0.1, 0.15) is 0 Å². The molecule has 0 bridgehead atoms. The predicted molar refractivity (Wildman–Crippen MR) is 90.6 cm³/mol. The molecule has 0 saturated heterocycles. The summed E-state index contributed by atoms with van der Waals surface area (Å²) in [4.78, 5) is 51.5. The first-order chi connectivity index (χ1) is 12.9. The quantitative estimate of drug-likeness (QED) is 0.398. The zero-order chi connectivity index (χ0) is 20.1. The first-order valence-electron chi connectivity index (χ1n) is 6.89. The zero-order valence-corrected chi connectivity index (χ0v) is 18.1. The van der Waals surface area contributed by atoms with Gasteiger partial charge in [0.05, 0.1) is 18.6 Å². The number of rotatable bonds is 3. The number of carbonyl (C=O) groups is 3. The molecule has 0 aliphatic heterocycles. The van der Waals surface area contributed by atoms with Crippen LogP contribution in [0, 0.1) is 35.6 Å². The minimum absolute atomic E-state index is 0. The number of hydrogen-bond donors (Lipinski definition) is 3. The number of aromatic nitrogens is 6. The van der Waals surface area contributed by atoms with Crippen LogP contribution >= 0.6 is 0 Å². The molecule has 0 saturated carbocycles. The van der Waals surface area contributed by atoms with E-state index in [-0.39, 0.29) is 58.2 Å². The predicted octanol–water partition coefficient (Wildman–Crippen LogP) is -0.300. The maximum Gasteiger partial charge on any atom is 0.356 e. The van der Waals surface area contributed by atoms with E-state index in [4.69, 9.17) is 15.3 Å². The van der Waals surface area contributed by atoms with E-state index in [9.17, 15) is 14.4 Å². The number of aromatic carboxylic acids is 3. The molecule has 0 amide bonds. The number of carboxylic acids is 3. The molecule has 29 heavy (non-hydrogen) atoms. The molecule has 0 aromatic carbocycles. The van der Waals surface area contributed by atoms with Gasteiger partial charge in [0.25, 0.3) is 0 Å². The molecule has 3 aromatic rings. The summed E-state index contributed by atoms with van der Waals surface area (Å²) in [5.41, 5.74) is -0.0903. The maximum atomic E-state index is 10.1. The van der Waals surface area contributed by atoms with Gasteiger partial charge in [-0.05, 0) is 0 Å². The molecule has 3 rings (SSSR count). The molecule has 14 heteroatoms. The van der Waals surface area contributed by atoms with Crippen LogP contribution in [-0.2, 0) is 0 Å². The second-order valence-electron chi connectivity index (χ2n) is 4.19. The molecular formula is C15H14LaN6O7. The van der Waals surface area contributed by atoms with Crippen LogP contribution in [0.1, 0.15) is 31.5 Å². The molecule has 0 fully saturated rings. The Labute approximate surface area is 190 Å². The Morgan fingerprint density at radius 2 is 0.793 bits per heavy atom. The molecule has 0 aliphatic carbocycles. The van der Waals surface area contributed by atoms with Crippen LogP contribution in [0.2, 0.25) is 0 Å². The van der Waals surface area contributed by atoms with E-state index in [0.717, 1.165) is 0 Å². The Kier molecular flexibility index (Phi) is 15.3. The molecule has 3 aromatic heterocycles. The van der Waals surface area contributed by atoms with Gasteiger partial charge in [0.2, 0.25) is 0 Å². The minimum Gasteiger partial charge on any atom is -0.476 e. The first kappa shape index (κ1) is 28.0. The number of hydrogen-bond acceptors (Lipinski definition) is 9. The van der Waals surface area contributed by atoms with Crippen molar-refractivity contribution in [3.8, 4) is 0 Å². The Morgan fingerprint density at radius 3 is 0.897 bits per heavy atom. The van der Waals surface area contributed by atoms with Crippen LogP contribution in [0.4, 0.5) is 0 Å². The van der Waals surface area contributed by atoms with Crippen LogP contribution in [-0.4, -0.2) is 68.6 Å². The fourth-order valence-electron chi connectivity index (χ4n) is 1.23. The second-order valence-corrected chi connectivity index (χ2v) is 4.19. The summed E-state index contributed by atoms with van der Waals surface area (Å²) in [5.74, 6) is -3.16. The summed E-state index contributed by atoms with van der Waals surface area (Å²) in [6.45, 7) is 0. The van der Waals surface area contributed by atoms with Crippen molar-refractivity contribution in [1.29, 1.82) is 0 Å². The van der Waals surface area contributed by atoms with Gasteiger partial charge in [-0.3, -0.25) is 15.0 Å². The van der Waals surface area contributed by atoms with Gasteiger partial charge in [-0.15, -0.1) is 0 Å². The zero-order valence-electron chi connectivity index (χ0n) is 14.5. The standard InChI is InChI=1S/3C5H4N2O2.La.H2O/c3*8-5(9)4-3-6-1-2-7-4;;/h3*1-3H,(H,8,9);;1H2. The topological polar surface area (TPSA) is 221 Å². The van der Waals surface area contributed by atoms with Crippen LogP contribution < -0.4 is 0 Å². The van der Waals surface area contributed by atoms with E-state index in [1.54, 1.807) is 0 Å². The van der Waals surface area contributed by atoms with Crippen molar-refractivity contribution < 1.29 is 70.8 Å². The summed E-state index contributed by atoms with van der Waals surface area (Å²) in [6.07, 6.45) is 11.9. The van der Waals surface area contributed by atoms with Crippen molar-refractivity contribution in [2.24, 2.45) is 0 Å². The fraction of sp³-hybridized carbons (Fsp3) is 0. The van der Waals surface area contributed by atoms with Crippen molar-refractivity contribution in [3.05, 3.63) is 72.9 Å². The average Bonchev–Trinajstić information content (AvgIpc) is 2.71. The third kappa shape index (κ3) is 12.0. The van der Waals surface area contributed by atoms with Crippen LogP contribution in [0.25, 0.3) is 0 Å².